The molecule has 1 N–H and O–H groups in total. The minimum Gasteiger partial charge on any atom is -0.444 e. The van der Waals surface area contributed by atoms with Gasteiger partial charge in [0.1, 0.15) is 11.1 Å². The normalized spacial score (nSPS) is 10.3. The van der Waals surface area contributed by atoms with Gasteiger partial charge in [0, 0.05) is 5.56 Å². The van der Waals surface area contributed by atoms with Gasteiger partial charge in [-0.15, -0.1) is 0 Å². The summed E-state index contributed by atoms with van der Waals surface area (Å²) in [5.41, 5.74) is 1.77. The molecule has 0 aliphatic heterocycles. The molecule has 116 valence electrons. The number of anilines is 1. The summed E-state index contributed by atoms with van der Waals surface area (Å²) in [7, 11) is 0. The van der Waals surface area contributed by atoms with Crippen LogP contribution < -0.4 is 5.32 Å². The fourth-order valence-electron chi connectivity index (χ4n) is 1.98. The molecule has 6 heteroatoms. The summed E-state index contributed by atoms with van der Waals surface area (Å²) >= 11 is 3.39. The highest BCUT2D eigenvalue weighted by molar-refractivity contribution is 9.10. The summed E-state index contributed by atoms with van der Waals surface area (Å²) < 4.78 is 11.0. The predicted octanol–water partition coefficient (Wildman–Crippen LogP) is 4.85. The van der Waals surface area contributed by atoms with E-state index >= 15 is 0 Å². The molecule has 1 heterocycles. The second kappa shape index (κ2) is 7.11. The Balaban J connectivity index is 1.64. The van der Waals surface area contributed by atoms with Gasteiger partial charge in [-0.2, -0.15) is 0 Å². The van der Waals surface area contributed by atoms with Crippen LogP contribution in [0.4, 0.5) is 10.6 Å². The summed E-state index contributed by atoms with van der Waals surface area (Å²) in [5, 5.41) is 6.41. The first-order valence-corrected chi connectivity index (χ1v) is 7.71. The first-order valence-electron chi connectivity index (χ1n) is 6.92. The summed E-state index contributed by atoms with van der Waals surface area (Å²) in [5.74, 6) is 0.825. The van der Waals surface area contributed by atoms with Crippen molar-refractivity contribution in [3.63, 3.8) is 0 Å². The summed E-state index contributed by atoms with van der Waals surface area (Å²) in [4.78, 5) is 11.8. The highest BCUT2D eigenvalue weighted by Crippen LogP contribution is 2.33. The van der Waals surface area contributed by atoms with Crippen LogP contribution in [-0.2, 0) is 11.3 Å². The molecule has 2 aromatic carbocycles. The zero-order chi connectivity index (χ0) is 16.1. The Labute approximate surface area is 141 Å². The lowest BCUT2D eigenvalue weighted by atomic mass is 10.2. The Hall–Kier alpha value is -2.60. The van der Waals surface area contributed by atoms with Crippen molar-refractivity contribution in [3.05, 3.63) is 70.7 Å². The van der Waals surface area contributed by atoms with Crippen molar-refractivity contribution in [2.75, 3.05) is 5.32 Å². The summed E-state index contributed by atoms with van der Waals surface area (Å²) in [6, 6.07) is 18.9. The van der Waals surface area contributed by atoms with Crippen LogP contribution in [-0.4, -0.2) is 11.2 Å². The quantitative estimate of drug-likeness (QED) is 0.710. The second-order valence-corrected chi connectivity index (χ2v) is 5.52. The van der Waals surface area contributed by atoms with Gasteiger partial charge < -0.3 is 9.26 Å². The largest absolute Gasteiger partial charge is 0.444 e. The van der Waals surface area contributed by atoms with Crippen molar-refractivity contribution in [2.45, 2.75) is 6.61 Å². The van der Waals surface area contributed by atoms with Crippen LogP contribution in [0, 0.1) is 0 Å². The maximum absolute atomic E-state index is 11.8. The van der Waals surface area contributed by atoms with Crippen LogP contribution in [0.5, 0.6) is 0 Å². The van der Waals surface area contributed by atoms with Crippen LogP contribution in [0.2, 0.25) is 0 Å². The number of halogens is 1. The van der Waals surface area contributed by atoms with Crippen LogP contribution in [0.1, 0.15) is 5.56 Å². The van der Waals surface area contributed by atoms with Crippen molar-refractivity contribution in [1.82, 2.24) is 5.16 Å². The van der Waals surface area contributed by atoms with Crippen molar-refractivity contribution in [3.8, 4) is 11.3 Å². The van der Waals surface area contributed by atoms with Gasteiger partial charge in [0.25, 0.3) is 0 Å². The number of nitrogens with zero attached hydrogens (tertiary/aromatic N) is 1. The number of carbonyl (C=O) groups excluding carboxylic acids is 1. The smallest absolute Gasteiger partial charge is 0.413 e. The van der Waals surface area contributed by atoms with Gasteiger partial charge in [-0.3, -0.25) is 5.32 Å². The number of aromatic nitrogens is 1. The minimum absolute atomic E-state index is 0.188. The van der Waals surface area contributed by atoms with Crippen molar-refractivity contribution >= 4 is 27.8 Å². The molecule has 1 amide bonds. The maximum atomic E-state index is 11.8. The molecule has 0 fully saturated rings. The first kappa shape index (κ1) is 15.3. The number of hydrogen-bond donors (Lipinski definition) is 1. The predicted molar refractivity (Wildman–Crippen MR) is 89.9 cm³/mol. The number of hydrogen-bond acceptors (Lipinski definition) is 4. The Bertz CT molecular complexity index is 788. The van der Waals surface area contributed by atoms with E-state index in [2.05, 4.69) is 26.4 Å². The van der Waals surface area contributed by atoms with Gasteiger partial charge >= 0.3 is 6.09 Å². The SMILES string of the molecule is O=C(Nc1noc(-c2ccccc2)c1Br)OCc1ccccc1. The number of amides is 1. The average Bonchev–Trinajstić information content (AvgIpc) is 2.95. The zero-order valence-corrected chi connectivity index (χ0v) is 13.6. The average molecular weight is 373 g/mol. The lowest BCUT2D eigenvalue weighted by molar-refractivity contribution is 0.155. The lowest BCUT2D eigenvalue weighted by Gasteiger charge is -2.05. The number of carbonyl (C=O) groups is 1. The van der Waals surface area contributed by atoms with Crippen molar-refractivity contribution < 1.29 is 14.1 Å². The molecule has 0 saturated carbocycles. The van der Waals surface area contributed by atoms with Gasteiger partial charge in [-0.1, -0.05) is 65.8 Å². The molecule has 5 nitrogen and oxygen atoms in total. The molecule has 23 heavy (non-hydrogen) atoms. The molecule has 3 aromatic rings. The Morgan fingerprint density at radius 2 is 1.74 bits per heavy atom. The maximum Gasteiger partial charge on any atom is 0.413 e. The standard InChI is InChI=1S/C17H13BrN2O3/c18-14-15(13-9-5-2-6-10-13)23-20-16(14)19-17(21)22-11-12-7-3-1-4-8-12/h1-10H,11H2,(H,19,20,21). The minimum atomic E-state index is -0.595. The molecule has 0 aliphatic rings. The number of nitrogens with one attached hydrogen (secondary N) is 1. The van der Waals surface area contributed by atoms with Gasteiger partial charge in [0.05, 0.1) is 0 Å². The fourth-order valence-corrected chi connectivity index (χ4v) is 2.45. The van der Waals surface area contributed by atoms with Gasteiger partial charge in [-0.25, -0.2) is 4.79 Å². The van der Waals surface area contributed by atoms with Crippen molar-refractivity contribution in [2.24, 2.45) is 0 Å². The number of benzene rings is 2. The third kappa shape index (κ3) is 3.78. The monoisotopic (exact) mass is 372 g/mol. The van der Waals surface area contributed by atoms with E-state index in [0.717, 1.165) is 11.1 Å². The molecule has 0 aliphatic carbocycles. The van der Waals surface area contributed by atoms with E-state index in [1.807, 2.05) is 60.7 Å². The zero-order valence-electron chi connectivity index (χ0n) is 12.0. The Morgan fingerprint density at radius 1 is 1.09 bits per heavy atom. The van der Waals surface area contributed by atoms with Crippen LogP contribution >= 0.6 is 15.9 Å². The molecule has 0 bridgehead atoms. The Kier molecular flexibility index (Phi) is 4.73. The molecule has 0 saturated heterocycles. The summed E-state index contributed by atoms with van der Waals surface area (Å²) in [6.45, 7) is 0.188. The molecule has 0 unspecified atom stereocenters. The van der Waals surface area contributed by atoms with E-state index in [-0.39, 0.29) is 12.4 Å². The first-order chi connectivity index (χ1) is 11.2. The van der Waals surface area contributed by atoms with E-state index in [0.29, 0.717) is 10.2 Å². The van der Waals surface area contributed by atoms with E-state index in [9.17, 15) is 4.79 Å². The topological polar surface area (TPSA) is 64.4 Å². The van der Waals surface area contributed by atoms with Gasteiger partial charge in [0.2, 0.25) is 0 Å². The van der Waals surface area contributed by atoms with Crippen LogP contribution in [0.3, 0.4) is 0 Å². The van der Waals surface area contributed by atoms with E-state index in [1.165, 1.54) is 0 Å². The molecule has 3 rings (SSSR count). The Morgan fingerprint density at radius 3 is 2.43 bits per heavy atom. The van der Waals surface area contributed by atoms with E-state index < -0.39 is 6.09 Å². The van der Waals surface area contributed by atoms with Crippen LogP contribution in [0.25, 0.3) is 11.3 Å². The lowest BCUT2D eigenvalue weighted by Crippen LogP contribution is -2.14. The number of rotatable bonds is 4. The third-order valence-corrected chi connectivity index (χ3v) is 3.84. The van der Waals surface area contributed by atoms with Crippen molar-refractivity contribution in [1.29, 1.82) is 0 Å². The van der Waals surface area contributed by atoms with E-state index in [4.69, 9.17) is 9.26 Å². The van der Waals surface area contributed by atoms with Gasteiger partial charge in [0.15, 0.2) is 11.6 Å². The molecule has 0 radical (unpaired) electrons. The molecular weight excluding hydrogens is 360 g/mol. The van der Waals surface area contributed by atoms with E-state index in [1.54, 1.807) is 0 Å². The molecule has 0 spiro atoms. The van der Waals surface area contributed by atoms with Crippen LogP contribution in [0.15, 0.2) is 69.7 Å². The second-order valence-electron chi connectivity index (χ2n) is 4.73. The molecule has 0 atom stereocenters. The highest BCUT2D eigenvalue weighted by Gasteiger charge is 2.17. The molecule has 1 aromatic heterocycles. The third-order valence-electron chi connectivity index (χ3n) is 3.10. The highest BCUT2D eigenvalue weighted by atomic mass is 79.9. The number of ether oxygens (including phenoxy) is 1. The summed E-state index contributed by atoms with van der Waals surface area (Å²) in [6.07, 6.45) is -0.595. The molecular formula is C17H13BrN2O3. The van der Waals surface area contributed by atoms with Gasteiger partial charge in [-0.05, 0) is 21.5 Å². The fraction of sp³-hybridized carbons (Fsp3) is 0.0588.